The minimum Gasteiger partial charge on any atom is -0.368 e. The lowest BCUT2D eigenvalue weighted by Crippen LogP contribution is -2.53. The second-order valence-electron chi connectivity index (χ2n) is 8.12. The maximum atomic E-state index is 14.6. The van der Waals surface area contributed by atoms with Crippen LogP contribution < -0.4 is 16.0 Å². The van der Waals surface area contributed by atoms with Crippen LogP contribution in [-0.4, -0.2) is 55.5 Å². The summed E-state index contributed by atoms with van der Waals surface area (Å²) in [6.07, 6.45) is 2.86. The van der Waals surface area contributed by atoms with Crippen LogP contribution in [0.25, 0.3) is 0 Å². The molecule has 3 fully saturated rings. The Morgan fingerprint density at radius 1 is 1.15 bits per heavy atom. The van der Waals surface area contributed by atoms with Crippen LogP contribution in [0.1, 0.15) is 37.2 Å². The molecule has 0 aromatic heterocycles. The first-order valence-corrected chi connectivity index (χ1v) is 9.85. The molecule has 1 atom stereocenters. The van der Waals surface area contributed by atoms with Crippen molar-refractivity contribution >= 4 is 17.5 Å². The number of benzene rings is 1. The Kier molecular flexibility index (Phi) is 5.14. The Labute approximate surface area is 158 Å². The van der Waals surface area contributed by atoms with Gasteiger partial charge in [-0.2, -0.15) is 0 Å². The van der Waals surface area contributed by atoms with Crippen LogP contribution >= 0.6 is 0 Å². The molecule has 7 heteroatoms. The van der Waals surface area contributed by atoms with Crippen molar-refractivity contribution in [2.75, 3.05) is 37.6 Å². The first-order chi connectivity index (χ1) is 13.0. The number of rotatable bonds is 4. The number of hydrogen-bond acceptors (Lipinski definition) is 5. The fraction of sp³-hybridized carbons (Fsp3) is 0.600. The van der Waals surface area contributed by atoms with Crippen LogP contribution in [0.15, 0.2) is 18.2 Å². The maximum absolute atomic E-state index is 14.6. The number of nitrogens with one attached hydrogen (secondary N) is 1. The van der Waals surface area contributed by atoms with Crippen molar-refractivity contribution in [2.45, 2.75) is 37.6 Å². The van der Waals surface area contributed by atoms with Gasteiger partial charge in [-0.15, -0.1) is 0 Å². The Morgan fingerprint density at radius 2 is 1.89 bits per heavy atom. The lowest BCUT2D eigenvalue weighted by molar-refractivity contribution is -0.134. The molecule has 4 rings (SSSR count). The third-order valence-corrected chi connectivity index (χ3v) is 6.06. The summed E-state index contributed by atoms with van der Waals surface area (Å²) in [6.45, 7) is 4.90. The highest BCUT2D eigenvalue weighted by molar-refractivity contribution is 6.00. The number of hydrogen-bond donors (Lipinski definition) is 2. The van der Waals surface area contributed by atoms with Crippen molar-refractivity contribution in [3.05, 3.63) is 29.6 Å². The number of imide groups is 1. The van der Waals surface area contributed by atoms with E-state index < -0.39 is 5.92 Å². The predicted octanol–water partition coefficient (Wildman–Crippen LogP) is 1.21. The van der Waals surface area contributed by atoms with Gasteiger partial charge in [-0.25, -0.2) is 4.39 Å². The number of nitrogens with zero attached hydrogens (tertiary/aromatic N) is 2. The molecule has 0 bridgehead atoms. The van der Waals surface area contributed by atoms with Crippen molar-refractivity contribution < 1.29 is 14.0 Å². The van der Waals surface area contributed by atoms with Crippen LogP contribution in [0.2, 0.25) is 0 Å². The van der Waals surface area contributed by atoms with Gasteiger partial charge >= 0.3 is 0 Å². The van der Waals surface area contributed by atoms with E-state index in [1.54, 1.807) is 6.07 Å². The van der Waals surface area contributed by atoms with E-state index in [1.165, 1.54) is 6.07 Å². The van der Waals surface area contributed by atoms with Crippen LogP contribution in [0.5, 0.6) is 0 Å². The second kappa shape index (κ2) is 7.56. The van der Waals surface area contributed by atoms with Gasteiger partial charge in [0.1, 0.15) is 5.82 Å². The predicted molar refractivity (Wildman–Crippen MR) is 101 cm³/mol. The Morgan fingerprint density at radius 3 is 2.56 bits per heavy atom. The van der Waals surface area contributed by atoms with Crippen LogP contribution in [0.3, 0.4) is 0 Å². The topological polar surface area (TPSA) is 78.7 Å². The highest BCUT2D eigenvalue weighted by Crippen LogP contribution is 2.32. The fourth-order valence-electron chi connectivity index (χ4n) is 4.39. The molecule has 1 unspecified atom stereocenters. The van der Waals surface area contributed by atoms with Gasteiger partial charge in [0.2, 0.25) is 11.8 Å². The van der Waals surface area contributed by atoms with E-state index in [9.17, 15) is 14.0 Å². The summed E-state index contributed by atoms with van der Waals surface area (Å²) in [6, 6.07) is 5.38. The minimum absolute atomic E-state index is 0.254. The summed E-state index contributed by atoms with van der Waals surface area (Å²) in [5.41, 5.74) is 7.19. The number of piperidine rings is 2. The van der Waals surface area contributed by atoms with E-state index >= 15 is 0 Å². The normalized spacial score (nSPS) is 25.4. The smallest absolute Gasteiger partial charge is 0.234 e. The molecule has 3 aliphatic heterocycles. The largest absolute Gasteiger partial charge is 0.368 e. The highest BCUT2D eigenvalue weighted by Gasteiger charge is 2.32. The van der Waals surface area contributed by atoms with Crippen molar-refractivity contribution in [1.82, 2.24) is 10.2 Å². The molecule has 6 nitrogen and oxygen atoms in total. The monoisotopic (exact) mass is 374 g/mol. The van der Waals surface area contributed by atoms with E-state index in [1.807, 2.05) is 6.07 Å². The van der Waals surface area contributed by atoms with Crippen LogP contribution in [0.4, 0.5) is 10.1 Å². The van der Waals surface area contributed by atoms with E-state index in [0.717, 1.165) is 45.6 Å². The highest BCUT2D eigenvalue weighted by atomic mass is 19.1. The fourth-order valence-corrected chi connectivity index (χ4v) is 4.39. The molecule has 3 saturated heterocycles. The number of likely N-dealkylation sites (tertiary alicyclic amines) is 1. The lowest BCUT2D eigenvalue weighted by Gasteiger charge is -2.44. The zero-order chi connectivity index (χ0) is 19.0. The number of anilines is 1. The molecule has 3 aliphatic rings. The van der Waals surface area contributed by atoms with Gasteiger partial charge in [-0.3, -0.25) is 14.9 Å². The van der Waals surface area contributed by atoms with Crippen molar-refractivity contribution in [2.24, 2.45) is 11.7 Å². The van der Waals surface area contributed by atoms with Gasteiger partial charge < -0.3 is 15.5 Å². The molecule has 1 aromatic rings. The summed E-state index contributed by atoms with van der Waals surface area (Å²) < 4.78 is 14.6. The van der Waals surface area contributed by atoms with E-state index in [0.29, 0.717) is 36.1 Å². The molecule has 2 amide bonds. The Bertz CT molecular complexity index is 727. The quantitative estimate of drug-likeness (QED) is 0.775. The molecule has 0 saturated carbocycles. The number of amides is 2. The van der Waals surface area contributed by atoms with E-state index in [2.05, 4.69) is 15.1 Å². The maximum Gasteiger partial charge on any atom is 0.234 e. The van der Waals surface area contributed by atoms with Gasteiger partial charge in [0.05, 0.1) is 11.6 Å². The Hall–Kier alpha value is -1.99. The van der Waals surface area contributed by atoms with Crippen molar-refractivity contribution in [3.63, 3.8) is 0 Å². The number of carbonyl (C=O) groups excluding carboxylic acids is 2. The molecule has 0 aliphatic carbocycles. The summed E-state index contributed by atoms with van der Waals surface area (Å²) in [5.74, 6) is -0.756. The standard InChI is InChI=1S/C20H27FN4O2/c21-17-9-14(16-2-4-19(26)23-20(16)27)1-3-18(17)25-11-13(12-25)10-24-7-5-15(22)6-8-24/h1,3,9,13,15-16H,2,4-8,10-12,22H2,(H,23,26,27). The molecule has 0 spiro atoms. The summed E-state index contributed by atoms with van der Waals surface area (Å²) >= 11 is 0. The minimum atomic E-state index is -0.444. The first-order valence-electron chi connectivity index (χ1n) is 9.85. The van der Waals surface area contributed by atoms with E-state index in [-0.39, 0.29) is 17.6 Å². The second-order valence-corrected chi connectivity index (χ2v) is 8.12. The molecule has 0 radical (unpaired) electrons. The zero-order valence-electron chi connectivity index (χ0n) is 15.5. The third kappa shape index (κ3) is 3.99. The number of halogens is 1. The van der Waals surface area contributed by atoms with Gasteiger partial charge in [0, 0.05) is 38.0 Å². The van der Waals surface area contributed by atoms with Crippen LogP contribution in [-0.2, 0) is 9.59 Å². The molecular formula is C20H27FN4O2. The first kappa shape index (κ1) is 18.4. The number of nitrogens with two attached hydrogens (primary N) is 1. The molecular weight excluding hydrogens is 347 g/mol. The zero-order valence-corrected chi connectivity index (χ0v) is 15.5. The van der Waals surface area contributed by atoms with Crippen molar-refractivity contribution in [1.29, 1.82) is 0 Å². The lowest BCUT2D eigenvalue weighted by atomic mass is 9.90. The summed E-state index contributed by atoms with van der Waals surface area (Å²) in [5, 5.41) is 2.33. The van der Waals surface area contributed by atoms with Gasteiger partial charge in [-0.05, 0) is 50.0 Å². The van der Waals surface area contributed by atoms with Crippen LogP contribution in [0, 0.1) is 11.7 Å². The summed E-state index contributed by atoms with van der Waals surface area (Å²) in [4.78, 5) is 27.8. The van der Waals surface area contributed by atoms with Gasteiger partial charge in [0.25, 0.3) is 0 Å². The van der Waals surface area contributed by atoms with Gasteiger partial charge in [-0.1, -0.05) is 6.07 Å². The SMILES string of the molecule is NC1CCN(CC2CN(c3ccc(C4CCC(=O)NC4=O)cc3F)C2)CC1. The number of carbonyl (C=O) groups is 2. The van der Waals surface area contributed by atoms with Gasteiger partial charge in [0.15, 0.2) is 0 Å². The third-order valence-electron chi connectivity index (χ3n) is 6.06. The van der Waals surface area contributed by atoms with Crippen molar-refractivity contribution in [3.8, 4) is 0 Å². The molecule has 1 aromatic carbocycles. The molecule has 3 heterocycles. The average molecular weight is 374 g/mol. The van der Waals surface area contributed by atoms with E-state index in [4.69, 9.17) is 5.73 Å². The molecule has 146 valence electrons. The molecule has 3 N–H and O–H groups in total. The summed E-state index contributed by atoms with van der Waals surface area (Å²) in [7, 11) is 0. The molecule has 27 heavy (non-hydrogen) atoms. The average Bonchev–Trinajstić information content (AvgIpc) is 2.60. The Balaban J connectivity index is 1.33.